The lowest BCUT2D eigenvalue weighted by Gasteiger charge is -2.23. The maximum atomic E-state index is 3.52. The van der Waals surface area contributed by atoms with Crippen LogP contribution in [0.2, 0.25) is 0 Å². The summed E-state index contributed by atoms with van der Waals surface area (Å²) in [6.45, 7) is 4.82. The minimum atomic E-state index is 0.734. The number of unbranched alkanes of at least 4 members (excludes halogenated alkanes) is 1. The molecule has 2 nitrogen and oxygen atoms in total. The molecule has 2 aliphatic rings. The van der Waals surface area contributed by atoms with Gasteiger partial charge in [-0.25, -0.2) is 0 Å². The van der Waals surface area contributed by atoms with Gasteiger partial charge in [-0.3, -0.25) is 4.90 Å². The van der Waals surface area contributed by atoms with Crippen LogP contribution in [0.4, 0.5) is 5.69 Å². The highest BCUT2D eigenvalue weighted by Gasteiger charge is 2.20. The Morgan fingerprint density at radius 2 is 2.11 bits per heavy atom. The molecule has 1 atom stereocenters. The summed E-state index contributed by atoms with van der Waals surface area (Å²) in [5.41, 5.74) is 2.89. The van der Waals surface area contributed by atoms with Crippen LogP contribution in [0.5, 0.6) is 0 Å². The van der Waals surface area contributed by atoms with Crippen LogP contribution in [0.25, 0.3) is 0 Å². The van der Waals surface area contributed by atoms with Crippen molar-refractivity contribution in [2.75, 3.05) is 31.5 Å². The molecular weight excluding hydrogens is 232 g/mol. The Kier molecular flexibility index (Phi) is 4.19. The Balaban J connectivity index is 1.40. The molecule has 0 aromatic heterocycles. The molecule has 0 bridgehead atoms. The monoisotopic (exact) mass is 256 g/mol. The molecule has 102 valence electrons. The van der Waals surface area contributed by atoms with E-state index in [0.717, 1.165) is 19.0 Å². The average Bonchev–Trinajstić information content (AvgIpc) is 2.88. The van der Waals surface area contributed by atoms with Crippen molar-refractivity contribution in [2.45, 2.75) is 31.6 Å². The van der Waals surface area contributed by atoms with Gasteiger partial charge in [-0.1, -0.05) is 36.8 Å². The van der Waals surface area contributed by atoms with Crippen LogP contribution in [0.1, 0.15) is 37.2 Å². The van der Waals surface area contributed by atoms with Gasteiger partial charge in [0, 0.05) is 31.2 Å². The van der Waals surface area contributed by atoms with Crippen LogP contribution < -0.4 is 5.32 Å². The van der Waals surface area contributed by atoms with Gasteiger partial charge in [0.25, 0.3) is 0 Å². The molecule has 1 N–H and O–H groups in total. The predicted molar refractivity (Wildman–Crippen MR) is 81.7 cm³/mol. The molecular formula is C17H24N2. The second-order valence-corrected chi connectivity index (χ2v) is 5.72. The van der Waals surface area contributed by atoms with E-state index in [-0.39, 0.29) is 0 Å². The van der Waals surface area contributed by atoms with Gasteiger partial charge in [-0.05, 0) is 37.4 Å². The van der Waals surface area contributed by atoms with Crippen LogP contribution in [0.15, 0.2) is 36.4 Å². The summed E-state index contributed by atoms with van der Waals surface area (Å²) in [4.78, 5) is 2.57. The number of nitrogens with one attached hydrogen (secondary N) is 1. The lowest BCUT2D eigenvalue weighted by atomic mass is 9.95. The maximum Gasteiger partial charge on any atom is 0.0376 e. The number of rotatable bonds is 5. The van der Waals surface area contributed by atoms with Gasteiger partial charge < -0.3 is 5.32 Å². The number of benzene rings is 1. The van der Waals surface area contributed by atoms with E-state index in [9.17, 15) is 0 Å². The molecule has 2 aliphatic heterocycles. The molecule has 1 aromatic carbocycles. The molecule has 1 aromatic rings. The quantitative estimate of drug-likeness (QED) is 0.639. The first kappa shape index (κ1) is 12.7. The first-order valence-electron chi connectivity index (χ1n) is 7.63. The largest absolute Gasteiger partial charge is 0.384 e. The fourth-order valence-electron chi connectivity index (χ4n) is 3.23. The molecule has 0 aliphatic carbocycles. The predicted octanol–water partition coefficient (Wildman–Crippen LogP) is 3.63. The molecule has 0 fully saturated rings. The lowest BCUT2D eigenvalue weighted by Crippen LogP contribution is -2.28. The third-order valence-corrected chi connectivity index (χ3v) is 4.36. The minimum Gasteiger partial charge on any atom is -0.384 e. The first-order valence-corrected chi connectivity index (χ1v) is 7.63. The topological polar surface area (TPSA) is 15.3 Å². The first-order chi connectivity index (χ1) is 9.43. The molecule has 0 saturated carbocycles. The molecule has 3 rings (SSSR count). The second-order valence-electron chi connectivity index (χ2n) is 5.72. The number of hydrogen-bond acceptors (Lipinski definition) is 2. The standard InChI is InChI=1S/C17H24N2/c1-5-11-19(12-6-1)13-7-4-8-15-14-18-17-10-3-2-9-16(15)17/h1-3,5,9-10,15,18H,4,6-8,11-14H2. The molecule has 2 heteroatoms. The third-order valence-electron chi connectivity index (χ3n) is 4.36. The summed E-state index contributed by atoms with van der Waals surface area (Å²) in [6, 6.07) is 8.78. The Labute approximate surface area is 116 Å². The van der Waals surface area contributed by atoms with E-state index in [4.69, 9.17) is 0 Å². The van der Waals surface area contributed by atoms with Gasteiger partial charge in [-0.15, -0.1) is 0 Å². The zero-order chi connectivity index (χ0) is 12.9. The molecule has 2 heterocycles. The van der Waals surface area contributed by atoms with E-state index in [1.807, 2.05) is 0 Å². The maximum absolute atomic E-state index is 3.52. The Hall–Kier alpha value is -1.28. The van der Waals surface area contributed by atoms with Gasteiger partial charge in [0.15, 0.2) is 0 Å². The van der Waals surface area contributed by atoms with E-state index in [1.165, 1.54) is 50.0 Å². The average molecular weight is 256 g/mol. The van der Waals surface area contributed by atoms with E-state index < -0.39 is 0 Å². The summed E-state index contributed by atoms with van der Waals surface area (Å²) in [7, 11) is 0. The molecule has 0 spiro atoms. The Morgan fingerprint density at radius 1 is 1.16 bits per heavy atom. The van der Waals surface area contributed by atoms with Crippen molar-refractivity contribution in [3.8, 4) is 0 Å². The highest BCUT2D eigenvalue weighted by Crippen LogP contribution is 2.34. The van der Waals surface area contributed by atoms with E-state index in [1.54, 1.807) is 0 Å². The van der Waals surface area contributed by atoms with Crippen molar-refractivity contribution in [1.82, 2.24) is 4.90 Å². The highest BCUT2D eigenvalue weighted by molar-refractivity contribution is 5.57. The lowest BCUT2D eigenvalue weighted by molar-refractivity contribution is 0.290. The Morgan fingerprint density at radius 3 is 3.00 bits per heavy atom. The van der Waals surface area contributed by atoms with Gasteiger partial charge in [0.05, 0.1) is 0 Å². The number of fused-ring (bicyclic) bond motifs is 1. The minimum absolute atomic E-state index is 0.734. The SMILES string of the molecule is C1=CCN(CCCCC2CNc3ccccc32)CC1. The molecule has 0 radical (unpaired) electrons. The van der Waals surface area contributed by atoms with Crippen LogP contribution in [0.3, 0.4) is 0 Å². The van der Waals surface area contributed by atoms with Gasteiger partial charge >= 0.3 is 0 Å². The zero-order valence-electron chi connectivity index (χ0n) is 11.6. The number of hydrogen-bond donors (Lipinski definition) is 1. The van der Waals surface area contributed by atoms with Crippen LogP contribution in [-0.4, -0.2) is 31.1 Å². The van der Waals surface area contributed by atoms with Crippen molar-refractivity contribution < 1.29 is 0 Å². The van der Waals surface area contributed by atoms with Gasteiger partial charge in [0.1, 0.15) is 0 Å². The zero-order valence-corrected chi connectivity index (χ0v) is 11.6. The molecule has 1 unspecified atom stereocenters. The highest BCUT2D eigenvalue weighted by atomic mass is 15.1. The van der Waals surface area contributed by atoms with Crippen molar-refractivity contribution >= 4 is 5.69 Å². The second kappa shape index (κ2) is 6.25. The summed E-state index contributed by atoms with van der Waals surface area (Å²) in [5.74, 6) is 0.734. The molecule has 0 amide bonds. The summed E-state index contributed by atoms with van der Waals surface area (Å²) >= 11 is 0. The fraction of sp³-hybridized carbons (Fsp3) is 0.529. The smallest absolute Gasteiger partial charge is 0.0376 e. The Bertz CT molecular complexity index is 439. The van der Waals surface area contributed by atoms with Crippen molar-refractivity contribution in [3.63, 3.8) is 0 Å². The summed E-state index contributed by atoms with van der Waals surface area (Å²) in [5, 5.41) is 3.52. The number of anilines is 1. The van der Waals surface area contributed by atoms with Crippen LogP contribution >= 0.6 is 0 Å². The van der Waals surface area contributed by atoms with Crippen molar-refractivity contribution in [1.29, 1.82) is 0 Å². The van der Waals surface area contributed by atoms with Gasteiger partial charge in [0.2, 0.25) is 0 Å². The van der Waals surface area contributed by atoms with Crippen molar-refractivity contribution in [3.05, 3.63) is 42.0 Å². The van der Waals surface area contributed by atoms with Gasteiger partial charge in [-0.2, -0.15) is 0 Å². The number of nitrogens with zero attached hydrogens (tertiary/aromatic N) is 1. The summed E-state index contributed by atoms with van der Waals surface area (Å²) < 4.78 is 0. The molecule has 0 saturated heterocycles. The van der Waals surface area contributed by atoms with E-state index in [0.29, 0.717) is 0 Å². The molecule has 19 heavy (non-hydrogen) atoms. The van der Waals surface area contributed by atoms with Crippen LogP contribution in [-0.2, 0) is 0 Å². The fourth-order valence-corrected chi connectivity index (χ4v) is 3.23. The van der Waals surface area contributed by atoms with E-state index in [2.05, 4.69) is 46.6 Å². The normalized spacial score (nSPS) is 22.2. The number of para-hydroxylation sites is 1. The van der Waals surface area contributed by atoms with Crippen molar-refractivity contribution in [2.24, 2.45) is 0 Å². The summed E-state index contributed by atoms with van der Waals surface area (Å²) in [6.07, 6.45) is 9.86. The van der Waals surface area contributed by atoms with E-state index >= 15 is 0 Å². The van der Waals surface area contributed by atoms with Crippen LogP contribution in [0, 0.1) is 0 Å². The third kappa shape index (κ3) is 3.19.